The van der Waals surface area contributed by atoms with E-state index in [9.17, 15) is 4.79 Å². The molecule has 0 amide bonds. The van der Waals surface area contributed by atoms with Gasteiger partial charge in [-0.2, -0.15) is 0 Å². The lowest BCUT2D eigenvalue weighted by Crippen LogP contribution is -2.42. The molecule has 0 spiro atoms. The van der Waals surface area contributed by atoms with Crippen LogP contribution in [0, 0.1) is 5.41 Å². The summed E-state index contributed by atoms with van der Waals surface area (Å²) in [5, 5.41) is 7.17. The summed E-state index contributed by atoms with van der Waals surface area (Å²) in [6, 6.07) is 10.7. The Morgan fingerprint density at radius 2 is 1.88 bits per heavy atom. The second-order valence-corrected chi connectivity index (χ2v) is 8.37. The number of carbonyl (C=O) groups excluding carboxylic acids is 1. The van der Waals surface area contributed by atoms with Gasteiger partial charge in [-0.25, -0.2) is 0 Å². The van der Waals surface area contributed by atoms with Gasteiger partial charge in [-0.1, -0.05) is 44.9 Å². The summed E-state index contributed by atoms with van der Waals surface area (Å²) in [7, 11) is 0. The van der Waals surface area contributed by atoms with Crippen LogP contribution in [-0.4, -0.2) is 23.7 Å². The number of aliphatic imine (C=N–C) groups is 1. The number of fused-ring (bicyclic) bond motifs is 1. The van der Waals surface area contributed by atoms with Crippen molar-refractivity contribution in [3.63, 3.8) is 0 Å². The van der Waals surface area contributed by atoms with Crippen LogP contribution < -0.4 is 10.6 Å². The van der Waals surface area contributed by atoms with Crippen molar-refractivity contribution in [1.82, 2.24) is 5.32 Å². The number of anilines is 1. The van der Waals surface area contributed by atoms with Gasteiger partial charge in [0, 0.05) is 23.8 Å². The molecule has 3 aliphatic rings. The van der Waals surface area contributed by atoms with Crippen molar-refractivity contribution in [3.05, 3.63) is 41.6 Å². The van der Waals surface area contributed by atoms with Gasteiger partial charge in [0.2, 0.25) is 0 Å². The maximum Gasteiger partial charge on any atom is 0.168 e. The molecule has 0 bridgehead atoms. The lowest BCUT2D eigenvalue weighted by molar-refractivity contribution is -0.117. The van der Waals surface area contributed by atoms with Gasteiger partial charge >= 0.3 is 0 Å². The summed E-state index contributed by atoms with van der Waals surface area (Å²) >= 11 is 0. The molecule has 1 aromatic carbocycles. The van der Waals surface area contributed by atoms with E-state index >= 15 is 0 Å². The largest absolute Gasteiger partial charge is 0.383 e. The minimum absolute atomic E-state index is 0.00920. The van der Waals surface area contributed by atoms with Gasteiger partial charge in [0.15, 0.2) is 5.78 Å². The Balaban J connectivity index is 1.76. The Morgan fingerprint density at radius 3 is 2.68 bits per heavy atom. The van der Waals surface area contributed by atoms with Crippen molar-refractivity contribution in [1.29, 1.82) is 0 Å². The summed E-state index contributed by atoms with van der Waals surface area (Å²) in [6.45, 7) is 4.36. The molecule has 2 aliphatic carbocycles. The van der Waals surface area contributed by atoms with E-state index in [1.54, 1.807) is 0 Å². The monoisotopic (exact) mass is 337 g/mol. The second-order valence-electron chi connectivity index (χ2n) is 8.37. The number of rotatable bonds is 1. The van der Waals surface area contributed by atoms with Crippen LogP contribution in [0.2, 0.25) is 0 Å². The van der Waals surface area contributed by atoms with E-state index in [0.29, 0.717) is 12.5 Å². The van der Waals surface area contributed by atoms with Gasteiger partial charge in [0.1, 0.15) is 5.84 Å². The number of benzene rings is 1. The van der Waals surface area contributed by atoms with E-state index in [1.807, 2.05) is 30.3 Å². The average molecular weight is 337 g/mol. The summed E-state index contributed by atoms with van der Waals surface area (Å²) < 4.78 is 0. The highest BCUT2D eigenvalue weighted by Gasteiger charge is 2.39. The molecule has 1 aliphatic heterocycles. The fourth-order valence-electron chi connectivity index (χ4n) is 4.36. The highest BCUT2D eigenvalue weighted by atomic mass is 16.1. The van der Waals surface area contributed by atoms with Crippen LogP contribution in [0.4, 0.5) is 5.69 Å². The fraction of sp³-hybridized carbons (Fsp3) is 0.524. The van der Waals surface area contributed by atoms with Crippen LogP contribution in [0.15, 0.2) is 46.6 Å². The molecule has 0 radical (unpaired) electrons. The van der Waals surface area contributed by atoms with E-state index in [1.165, 1.54) is 12.8 Å². The molecular weight excluding hydrogens is 310 g/mol. The third kappa shape index (κ3) is 3.35. The lowest BCUT2D eigenvalue weighted by atomic mass is 9.75. The van der Waals surface area contributed by atoms with Crippen molar-refractivity contribution in [2.75, 3.05) is 5.32 Å². The Bertz CT molecular complexity index is 733. The van der Waals surface area contributed by atoms with Crippen LogP contribution in [-0.2, 0) is 4.79 Å². The van der Waals surface area contributed by atoms with Gasteiger partial charge in [-0.15, -0.1) is 0 Å². The fourth-order valence-corrected chi connectivity index (χ4v) is 4.36. The van der Waals surface area contributed by atoms with Gasteiger partial charge < -0.3 is 10.6 Å². The number of nitrogens with one attached hydrogen (secondary N) is 2. The second kappa shape index (κ2) is 6.32. The van der Waals surface area contributed by atoms with Crippen molar-refractivity contribution in [2.24, 2.45) is 10.4 Å². The van der Waals surface area contributed by atoms with Crippen molar-refractivity contribution in [2.45, 2.75) is 64.5 Å². The molecule has 0 saturated heterocycles. The zero-order chi connectivity index (χ0) is 17.4. The van der Waals surface area contributed by atoms with E-state index in [4.69, 9.17) is 4.99 Å². The first-order valence-electron chi connectivity index (χ1n) is 9.45. The number of allylic oxidation sites excluding steroid dienone is 1. The normalized spacial score (nSPS) is 28.2. The van der Waals surface area contributed by atoms with E-state index < -0.39 is 0 Å². The van der Waals surface area contributed by atoms with E-state index in [0.717, 1.165) is 42.1 Å². The number of ketones is 1. The predicted molar refractivity (Wildman–Crippen MR) is 102 cm³/mol. The van der Waals surface area contributed by atoms with Crippen molar-refractivity contribution < 1.29 is 4.79 Å². The van der Waals surface area contributed by atoms with Crippen LogP contribution in [0.3, 0.4) is 0 Å². The van der Waals surface area contributed by atoms with Crippen LogP contribution in [0.1, 0.15) is 52.4 Å². The molecule has 2 atom stereocenters. The maximum absolute atomic E-state index is 13.0. The summed E-state index contributed by atoms with van der Waals surface area (Å²) in [4.78, 5) is 18.0. The quantitative estimate of drug-likeness (QED) is 0.813. The SMILES string of the molecule is CC1(C)CC(=O)C2=C(C1)NC1CCCCC1N=C2Nc1ccccc1. The van der Waals surface area contributed by atoms with E-state index in [2.05, 4.69) is 24.5 Å². The third-order valence-corrected chi connectivity index (χ3v) is 5.53. The standard InChI is InChI=1S/C21H27N3O/c1-21(2)12-17-19(18(25)13-21)20(22-14-8-4-3-5-9-14)24-16-11-7-6-10-15(16)23-17/h3-5,8-9,15-16,23H,6-7,10-13H2,1-2H3,(H,22,24). The lowest BCUT2D eigenvalue weighted by Gasteiger charge is -2.35. The molecule has 25 heavy (non-hydrogen) atoms. The summed E-state index contributed by atoms with van der Waals surface area (Å²) in [5.74, 6) is 0.975. The molecule has 4 heteroatoms. The Kier molecular flexibility index (Phi) is 4.14. The highest BCUT2D eigenvalue weighted by molar-refractivity contribution is 6.27. The Hall–Kier alpha value is -2.10. The Morgan fingerprint density at radius 1 is 1.12 bits per heavy atom. The van der Waals surface area contributed by atoms with Gasteiger partial charge in [-0.05, 0) is 36.8 Å². The molecule has 2 N–H and O–H groups in total. The first-order valence-corrected chi connectivity index (χ1v) is 9.45. The average Bonchev–Trinajstić information content (AvgIpc) is 2.70. The third-order valence-electron chi connectivity index (χ3n) is 5.53. The summed E-state index contributed by atoms with van der Waals surface area (Å²) in [6.07, 6.45) is 6.18. The topological polar surface area (TPSA) is 53.5 Å². The number of hydrogen-bond donors (Lipinski definition) is 2. The summed E-state index contributed by atoms with van der Waals surface area (Å²) in [5.41, 5.74) is 2.88. The van der Waals surface area contributed by atoms with Crippen molar-refractivity contribution >= 4 is 17.3 Å². The molecule has 1 heterocycles. The molecule has 1 aromatic rings. The molecule has 132 valence electrons. The maximum atomic E-state index is 13.0. The minimum Gasteiger partial charge on any atom is -0.383 e. The Labute approximate surface area is 149 Å². The van der Waals surface area contributed by atoms with Crippen LogP contribution in [0.25, 0.3) is 0 Å². The molecule has 0 aromatic heterocycles. The van der Waals surface area contributed by atoms with Crippen molar-refractivity contribution in [3.8, 4) is 0 Å². The van der Waals surface area contributed by atoms with Crippen LogP contribution >= 0.6 is 0 Å². The van der Waals surface area contributed by atoms with Gasteiger partial charge in [-0.3, -0.25) is 9.79 Å². The predicted octanol–water partition coefficient (Wildman–Crippen LogP) is 4.05. The molecule has 4 rings (SSSR count). The molecule has 4 nitrogen and oxygen atoms in total. The van der Waals surface area contributed by atoms with E-state index in [-0.39, 0.29) is 17.2 Å². The first kappa shape index (κ1) is 16.4. The van der Waals surface area contributed by atoms with Crippen LogP contribution in [0.5, 0.6) is 0 Å². The number of carbonyl (C=O) groups is 1. The molecular formula is C21H27N3O. The number of Topliss-reactive ketones (excluding diaryl/α,β-unsaturated/α-hetero) is 1. The molecule has 1 saturated carbocycles. The smallest absolute Gasteiger partial charge is 0.168 e. The first-order chi connectivity index (χ1) is 12.0. The number of hydrogen-bond acceptors (Lipinski definition) is 4. The van der Waals surface area contributed by atoms with Gasteiger partial charge in [0.25, 0.3) is 0 Å². The van der Waals surface area contributed by atoms with Gasteiger partial charge in [0.05, 0.1) is 11.6 Å². The minimum atomic E-state index is 0.00920. The molecule has 1 fully saturated rings. The molecule has 2 unspecified atom stereocenters. The number of nitrogens with zero attached hydrogens (tertiary/aromatic N) is 1. The zero-order valence-corrected chi connectivity index (χ0v) is 15.1. The number of para-hydroxylation sites is 1. The number of amidine groups is 1. The zero-order valence-electron chi connectivity index (χ0n) is 15.1. The highest BCUT2D eigenvalue weighted by Crippen LogP contribution is 2.39.